The van der Waals surface area contributed by atoms with Crippen LogP contribution in [0.4, 0.5) is 14.5 Å². The molecule has 0 amide bonds. The van der Waals surface area contributed by atoms with E-state index in [4.69, 9.17) is 17.3 Å². The quantitative estimate of drug-likeness (QED) is 0.134. The van der Waals surface area contributed by atoms with Crippen LogP contribution in [-0.4, -0.2) is 22.4 Å². The number of aliphatic imine (C=N–C) groups is 2. The molecule has 1 saturated carbocycles. The number of nitrogens with one attached hydrogen (secondary N) is 1. The average molecular weight is 459 g/mol. The van der Waals surface area contributed by atoms with Gasteiger partial charge in [0.2, 0.25) is 0 Å². The molecule has 0 bridgehead atoms. The Labute approximate surface area is 193 Å². The Balaban J connectivity index is 2.15. The molecule has 0 saturated heterocycles. The van der Waals surface area contributed by atoms with E-state index in [1.807, 2.05) is 6.08 Å². The zero-order valence-corrected chi connectivity index (χ0v) is 19.2. The van der Waals surface area contributed by atoms with Gasteiger partial charge in [-0.1, -0.05) is 30.9 Å². The molecule has 0 radical (unpaired) electrons. The van der Waals surface area contributed by atoms with E-state index in [1.165, 1.54) is 13.1 Å². The van der Waals surface area contributed by atoms with Crippen LogP contribution in [0.2, 0.25) is 0 Å². The molecular formula is C24H32F2N6O. The van der Waals surface area contributed by atoms with Crippen LogP contribution in [0.5, 0.6) is 0 Å². The highest BCUT2D eigenvalue weighted by atomic mass is 19.1. The molecule has 9 heteroatoms. The lowest BCUT2D eigenvalue weighted by Gasteiger charge is -2.36. The first-order valence-corrected chi connectivity index (χ1v) is 10.4. The fraction of sp³-hybridized carbons (Fsp3) is 0.333. The number of amidine groups is 2. The van der Waals surface area contributed by atoms with Gasteiger partial charge in [-0.3, -0.25) is 0 Å². The number of aliphatic hydroxyl groups is 1. The number of rotatable bonds is 8. The van der Waals surface area contributed by atoms with Gasteiger partial charge in [-0.15, -0.1) is 0 Å². The molecule has 0 heterocycles. The third-order valence-corrected chi connectivity index (χ3v) is 5.46. The van der Waals surface area contributed by atoms with Crippen molar-refractivity contribution in [3.05, 3.63) is 77.7 Å². The number of allylic oxidation sites excluding steroid dienone is 3. The Hall–Kier alpha value is -3.30. The van der Waals surface area contributed by atoms with Gasteiger partial charge in [-0.2, -0.15) is 0 Å². The van der Waals surface area contributed by atoms with Crippen LogP contribution in [-0.2, 0) is 0 Å². The number of hydrogen-bond donors (Lipinski definition) is 5. The van der Waals surface area contributed by atoms with Crippen LogP contribution in [0, 0.1) is 23.5 Å². The van der Waals surface area contributed by atoms with Crippen LogP contribution in [0.1, 0.15) is 39.2 Å². The Bertz CT molecular complexity index is 1040. The Morgan fingerprint density at radius 3 is 2.36 bits per heavy atom. The fourth-order valence-corrected chi connectivity index (χ4v) is 3.43. The average Bonchev–Trinajstić information content (AvgIpc) is 2.66. The van der Waals surface area contributed by atoms with Gasteiger partial charge in [0.15, 0.2) is 5.82 Å². The number of hydrazine groups is 1. The standard InChI is InChI=1S/C24H32F2N6O/c1-13(6-7-18(12-27)24(4,5)33)16-8-17(9-16)14(2)30-23(32-29)20-10-19(25)11-21(26)22(20)31-15(3)28/h6-7,10-12,16-17,33H,1-2,8-9,27,29H2,3-5H3,(H2,28,31)(H,30,32)/b7-6-,18-12+. The first-order chi connectivity index (χ1) is 15.4. The summed E-state index contributed by atoms with van der Waals surface area (Å²) in [6, 6.07) is 1.80. The third kappa shape index (κ3) is 6.59. The van der Waals surface area contributed by atoms with Gasteiger partial charge in [-0.25, -0.2) is 24.6 Å². The topological polar surface area (TPSA) is 135 Å². The van der Waals surface area contributed by atoms with Crippen LogP contribution < -0.4 is 22.7 Å². The molecule has 1 aliphatic carbocycles. The number of nitrogens with zero attached hydrogens (tertiary/aromatic N) is 2. The first-order valence-electron chi connectivity index (χ1n) is 10.4. The molecule has 1 aliphatic rings. The molecule has 1 fully saturated rings. The first kappa shape index (κ1) is 26.0. The summed E-state index contributed by atoms with van der Waals surface area (Å²) < 4.78 is 28.2. The minimum atomic E-state index is -1.05. The van der Waals surface area contributed by atoms with E-state index in [-0.39, 0.29) is 34.8 Å². The minimum absolute atomic E-state index is 0.0310. The van der Waals surface area contributed by atoms with E-state index in [0.717, 1.165) is 24.5 Å². The van der Waals surface area contributed by atoms with Crippen molar-refractivity contribution in [3.8, 4) is 0 Å². The van der Waals surface area contributed by atoms with Crippen molar-refractivity contribution in [3.63, 3.8) is 0 Å². The largest absolute Gasteiger partial charge is 0.404 e. The zero-order valence-electron chi connectivity index (χ0n) is 19.2. The van der Waals surface area contributed by atoms with Crippen LogP contribution in [0.3, 0.4) is 0 Å². The van der Waals surface area contributed by atoms with E-state index in [1.54, 1.807) is 19.9 Å². The highest BCUT2D eigenvalue weighted by Crippen LogP contribution is 2.43. The maximum Gasteiger partial charge on any atom is 0.152 e. The second kappa shape index (κ2) is 10.5. The normalized spacial score (nSPS) is 20.0. The van der Waals surface area contributed by atoms with Gasteiger partial charge >= 0.3 is 0 Å². The third-order valence-electron chi connectivity index (χ3n) is 5.46. The predicted octanol–water partition coefficient (Wildman–Crippen LogP) is 3.45. The highest BCUT2D eigenvalue weighted by molar-refractivity contribution is 6.04. The van der Waals surface area contributed by atoms with Crippen molar-refractivity contribution in [2.45, 2.75) is 39.2 Å². The second-order valence-corrected chi connectivity index (χ2v) is 8.59. The fourth-order valence-electron chi connectivity index (χ4n) is 3.43. The Morgan fingerprint density at radius 2 is 1.85 bits per heavy atom. The van der Waals surface area contributed by atoms with Crippen molar-refractivity contribution in [2.24, 2.45) is 39.1 Å². The molecule has 0 aliphatic heterocycles. The summed E-state index contributed by atoms with van der Waals surface area (Å²) in [5.41, 5.74) is 14.4. The molecule has 7 nitrogen and oxygen atoms in total. The molecular weight excluding hydrogens is 426 g/mol. The van der Waals surface area contributed by atoms with Crippen LogP contribution in [0.25, 0.3) is 0 Å². The number of benzene rings is 1. The lowest BCUT2D eigenvalue weighted by Crippen LogP contribution is -2.33. The summed E-state index contributed by atoms with van der Waals surface area (Å²) in [6.07, 6.45) is 6.45. The molecule has 0 atom stereocenters. The van der Waals surface area contributed by atoms with Crippen molar-refractivity contribution >= 4 is 17.4 Å². The summed E-state index contributed by atoms with van der Waals surface area (Å²) in [5, 5.41) is 10.1. The second-order valence-electron chi connectivity index (χ2n) is 8.59. The van der Waals surface area contributed by atoms with Crippen LogP contribution >= 0.6 is 0 Å². The summed E-state index contributed by atoms with van der Waals surface area (Å²) in [7, 11) is 0. The SMILES string of the molecule is C=C(/C=C\C(=C/N)C(C)(C)O)C1CC(C(=C)N=C(NN)c2cc(F)cc(F)c2N=C(C)N)C1. The van der Waals surface area contributed by atoms with Gasteiger partial charge < -0.3 is 22.0 Å². The molecule has 1 aromatic carbocycles. The highest BCUT2D eigenvalue weighted by Gasteiger charge is 2.32. The van der Waals surface area contributed by atoms with Crippen molar-refractivity contribution in [1.29, 1.82) is 0 Å². The maximum atomic E-state index is 14.3. The van der Waals surface area contributed by atoms with E-state index >= 15 is 0 Å². The predicted molar refractivity (Wildman–Crippen MR) is 129 cm³/mol. The molecule has 178 valence electrons. The van der Waals surface area contributed by atoms with Crippen molar-refractivity contribution < 1.29 is 13.9 Å². The zero-order chi connectivity index (χ0) is 24.9. The van der Waals surface area contributed by atoms with Crippen molar-refractivity contribution in [1.82, 2.24) is 5.43 Å². The Morgan fingerprint density at radius 1 is 1.21 bits per heavy atom. The summed E-state index contributed by atoms with van der Waals surface area (Å²) >= 11 is 0. The van der Waals surface area contributed by atoms with E-state index in [0.29, 0.717) is 17.3 Å². The van der Waals surface area contributed by atoms with Gasteiger partial charge in [0, 0.05) is 23.2 Å². The van der Waals surface area contributed by atoms with Gasteiger partial charge in [0.25, 0.3) is 0 Å². The molecule has 1 aromatic rings. The van der Waals surface area contributed by atoms with E-state index in [9.17, 15) is 13.9 Å². The molecule has 0 unspecified atom stereocenters. The van der Waals surface area contributed by atoms with Crippen LogP contribution in [0.15, 0.2) is 70.5 Å². The number of hydrogen-bond acceptors (Lipinski definition) is 5. The van der Waals surface area contributed by atoms with Gasteiger partial charge in [0.05, 0.1) is 11.4 Å². The Kier molecular flexibility index (Phi) is 8.29. The summed E-state index contributed by atoms with van der Waals surface area (Å²) in [4.78, 5) is 8.33. The molecule has 2 rings (SSSR count). The lowest BCUT2D eigenvalue weighted by atomic mass is 9.70. The molecule has 33 heavy (non-hydrogen) atoms. The van der Waals surface area contributed by atoms with Gasteiger partial charge in [-0.05, 0) is 57.4 Å². The molecule has 0 aromatic heterocycles. The molecule has 0 spiro atoms. The maximum absolute atomic E-state index is 14.3. The summed E-state index contributed by atoms with van der Waals surface area (Å²) in [5.74, 6) is 4.30. The minimum Gasteiger partial charge on any atom is -0.404 e. The monoisotopic (exact) mass is 458 g/mol. The van der Waals surface area contributed by atoms with Gasteiger partial charge in [0.1, 0.15) is 17.3 Å². The molecule has 8 N–H and O–H groups in total. The van der Waals surface area contributed by atoms with E-state index in [2.05, 4.69) is 28.6 Å². The number of halogens is 2. The van der Waals surface area contributed by atoms with Crippen molar-refractivity contribution in [2.75, 3.05) is 0 Å². The number of nitrogens with two attached hydrogens (primary N) is 3. The lowest BCUT2D eigenvalue weighted by molar-refractivity contribution is 0.123. The smallest absolute Gasteiger partial charge is 0.152 e. The van der Waals surface area contributed by atoms with E-state index < -0.39 is 17.2 Å². The summed E-state index contributed by atoms with van der Waals surface area (Å²) in [6.45, 7) is 12.9.